The number of carbonyl (C=O) groups is 1. The Morgan fingerprint density at radius 2 is 2.00 bits per heavy atom. The van der Waals surface area contributed by atoms with Crippen LogP contribution in [0.2, 0.25) is 0 Å². The lowest BCUT2D eigenvalue weighted by Gasteiger charge is -2.43. The van der Waals surface area contributed by atoms with Crippen LogP contribution in [0.3, 0.4) is 0 Å². The van der Waals surface area contributed by atoms with Gasteiger partial charge in [-0.25, -0.2) is 4.98 Å². The largest absolute Gasteiger partial charge is 0.490 e. The molecule has 2 saturated heterocycles. The number of nitrogens with one attached hydrogen (secondary N) is 1. The minimum absolute atomic E-state index is 0.00922. The van der Waals surface area contributed by atoms with Crippen LogP contribution in [0.15, 0.2) is 36.5 Å². The molecule has 2 aromatic rings. The fourth-order valence-electron chi connectivity index (χ4n) is 5.17. The van der Waals surface area contributed by atoms with E-state index in [0.717, 1.165) is 36.5 Å². The number of thiocarbonyl (C=S) groups is 1. The zero-order valence-corrected chi connectivity index (χ0v) is 20.5. The van der Waals surface area contributed by atoms with Crippen LogP contribution >= 0.6 is 12.2 Å². The van der Waals surface area contributed by atoms with E-state index in [0.29, 0.717) is 30.7 Å². The second-order valence-corrected chi connectivity index (χ2v) is 9.80. The SMILES string of the molecule is N#Cc1ncc(N2C(=O)C3(CCC3)N(c3ccc(OC4CCN[C@H](CO)C4)cc3)C2=S)cc1C(F)(F)F. The van der Waals surface area contributed by atoms with Crippen molar-refractivity contribution in [1.29, 1.82) is 5.26 Å². The first-order valence-electron chi connectivity index (χ1n) is 11.9. The molecule has 37 heavy (non-hydrogen) atoms. The van der Waals surface area contributed by atoms with Crippen LogP contribution in [0.25, 0.3) is 0 Å². The number of aliphatic hydroxyl groups excluding tert-OH is 1. The minimum atomic E-state index is -4.81. The summed E-state index contributed by atoms with van der Waals surface area (Å²) >= 11 is 5.64. The second kappa shape index (κ2) is 9.55. The molecule has 1 unspecified atom stereocenters. The van der Waals surface area contributed by atoms with Gasteiger partial charge in [-0.1, -0.05) is 0 Å². The standard InChI is InChI=1S/C25H24F3N5O3S/c26-25(27,28)20-11-17(13-31-21(20)12-29)32-22(35)24(7-1-8-24)33(23(32)37)16-2-4-18(5-3-16)36-19-6-9-30-15(10-19)14-34/h2-5,11,13,15,19,30,34H,1,6-10,14H2/t15-,19?/m0/s1. The molecule has 194 valence electrons. The van der Waals surface area contributed by atoms with Crippen molar-refractivity contribution in [2.45, 2.75) is 56.0 Å². The van der Waals surface area contributed by atoms with Gasteiger partial charge in [0.2, 0.25) is 0 Å². The molecule has 1 aliphatic carbocycles. The summed E-state index contributed by atoms with van der Waals surface area (Å²) in [5, 5.41) is 21.7. The monoisotopic (exact) mass is 531 g/mol. The molecule has 0 radical (unpaired) electrons. The first kappa shape index (κ1) is 25.4. The van der Waals surface area contributed by atoms with Gasteiger partial charge < -0.3 is 20.1 Å². The molecule has 3 fully saturated rings. The Balaban J connectivity index is 1.42. The number of alkyl halides is 3. The van der Waals surface area contributed by atoms with E-state index in [1.807, 2.05) is 0 Å². The maximum Gasteiger partial charge on any atom is 0.419 e. The van der Waals surface area contributed by atoms with Crippen molar-refractivity contribution in [3.63, 3.8) is 0 Å². The Kier molecular flexibility index (Phi) is 6.55. The molecule has 1 amide bonds. The van der Waals surface area contributed by atoms with E-state index >= 15 is 0 Å². The number of ether oxygens (including phenoxy) is 1. The van der Waals surface area contributed by atoms with E-state index in [1.165, 1.54) is 6.07 Å². The summed E-state index contributed by atoms with van der Waals surface area (Å²) in [4.78, 5) is 20.0. The van der Waals surface area contributed by atoms with Crippen LogP contribution in [0.5, 0.6) is 5.75 Å². The van der Waals surface area contributed by atoms with Crippen molar-refractivity contribution in [3.05, 3.63) is 47.8 Å². The average Bonchev–Trinajstić information content (AvgIpc) is 3.10. The van der Waals surface area contributed by atoms with Crippen molar-refractivity contribution >= 4 is 34.6 Å². The fraction of sp³-hybridized carbons (Fsp3) is 0.440. The van der Waals surface area contributed by atoms with Gasteiger partial charge in [0.15, 0.2) is 10.8 Å². The molecule has 3 heterocycles. The molecule has 2 aliphatic heterocycles. The highest BCUT2D eigenvalue weighted by molar-refractivity contribution is 7.81. The van der Waals surface area contributed by atoms with Gasteiger partial charge in [-0.15, -0.1) is 0 Å². The number of anilines is 2. The first-order valence-corrected chi connectivity index (χ1v) is 12.4. The van der Waals surface area contributed by atoms with Gasteiger partial charge in [0.25, 0.3) is 5.91 Å². The zero-order valence-electron chi connectivity index (χ0n) is 19.7. The van der Waals surface area contributed by atoms with Crippen LogP contribution in [-0.4, -0.2) is 51.9 Å². The molecule has 0 bridgehead atoms. The van der Waals surface area contributed by atoms with E-state index in [2.05, 4.69) is 10.3 Å². The quantitative estimate of drug-likeness (QED) is 0.566. The van der Waals surface area contributed by atoms with Gasteiger partial charge in [0.1, 0.15) is 23.5 Å². The van der Waals surface area contributed by atoms with Crippen LogP contribution in [0.4, 0.5) is 24.5 Å². The van der Waals surface area contributed by atoms with Gasteiger partial charge in [0.05, 0.1) is 24.1 Å². The Hall–Kier alpha value is -3.27. The normalized spacial score (nSPS) is 23.2. The number of benzene rings is 1. The summed E-state index contributed by atoms with van der Waals surface area (Å²) < 4.78 is 46.7. The van der Waals surface area contributed by atoms with E-state index in [-0.39, 0.29) is 29.6 Å². The molecular formula is C25H24F3N5O3S. The second-order valence-electron chi connectivity index (χ2n) is 9.43. The molecule has 2 N–H and O–H groups in total. The first-order chi connectivity index (χ1) is 17.7. The maximum absolute atomic E-state index is 13.6. The van der Waals surface area contributed by atoms with Gasteiger partial charge in [-0.2, -0.15) is 18.4 Å². The summed E-state index contributed by atoms with van der Waals surface area (Å²) in [5.74, 6) is 0.225. The highest BCUT2D eigenvalue weighted by Gasteiger charge is 2.59. The number of amides is 1. The van der Waals surface area contributed by atoms with Crippen molar-refractivity contribution < 1.29 is 27.8 Å². The van der Waals surface area contributed by atoms with Gasteiger partial charge in [-0.3, -0.25) is 9.69 Å². The molecule has 5 rings (SSSR count). The molecule has 1 aromatic heterocycles. The zero-order chi connectivity index (χ0) is 26.4. The van der Waals surface area contributed by atoms with Crippen LogP contribution in [-0.2, 0) is 11.0 Å². The summed E-state index contributed by atoms with van der Waals surface area (Å²) in [6.45, 7) is 0.786. The van der Waals surface area contributed by atoms with Crippen molar-refractivity contribution in [2.24, 2.45) is 0 Å². The summed E-state index contributed by atoms with van der Waals surface area (Å²) in [7, 11) is 0. The Labute approximate surface area is 216 Å². The van der Waals surface area contributed by atoms with E-state index in [9.17, 15) is 23.1 Å². The number of aromatic nitrogens is 1. The topological polar surface area (TPSA) is 102 Å². The van der Waals surface area contributed by atoms with Crippen molar-refractivity contribution in [2.75, 3.05) is 23.0 Å². The number of nitrogens with zero attached hydrogens (tertiary/aromatic N) is 4. The number of nitriles is 1. The predicted molar refractivity (Wildman–Crippen MR) is 132 cm³/mol. The molecular weight excluding hydrogens is 507 g/mol. The molecule has 1 aromatic carbocycles. The fourth-order valence-corrected chi connectivity index (χ4v) is 5.64. The number of hydrogen-bond acceptors (Lipinski definition) is 7. The Morgan fingerprint density at radius 3 is 2.59 bits per heavy atom. The summed E-state index contributed by atoms with van der Waals surface area (Å²) in [5.41, 5.74) is -2.45. The van der Waals surface area contributed by atoms with Crippen LogP contribution in [0.1, 0.15) is 43.4 Å². The third-order valence-electron chi connectivity index (χ3n) is 7.20. The number of hydrogen-bond donors (Lipinski definition) is 2. The van der Waals surface area contributed by atoms with Gasteiger partial charge >= 0.3 is 6.18 Å². The van der Waals surface area contributed by atoms with Crippen LogP contribution < -0.4 is 19.9 Å². The molecule has 2 atom stereocenters. The smallest absolute Gasteiger partial charge is 0.419 e. The maximum atomic E-state index is 13.6. The molecule has 1 saturated carbocycles. The highest BCUT2D eigenvalue weighted by Crippen LogP contribution is 2.48. The number of carbonyl (C=O) groups excluding carboxylic acids is 1. The van der Waals surface area contributed by atoms with Crippen molar-refractivity contribution in [3.8, 4) is 11.8 Å². The molecule has 8 nitrogen and oxygen atoms in total. The number of halogens is 3. The lowest BCUT2D eigenvalue weighted by atomic mass is 9.75. The van der Waals surface area contributed by atoms with Crippen molar-refractivity contribution in [1.82, 2.24) is 10.3 Å². The third kappa shape index (κ3) is 4.41. The molecule has 12 heteroatoms. The van der Waals surface area contributed by atoms with Crippen LogP contribution in [0, 0.1) is 11.3 Å². The van der Waals surface area contributed by atoms with E-state index < -0.39 is 28.9 Å². The number of rotatable bonds is 5. The third-order valence-corrected chi connectivity index (χ3v) is 7.57. The Bertz CT molecular complexity index is 1260. The number of pyridine rings is 1. The summed E-state index contributed by atoms with van der Waals surface area (Å²) in [6.07, 6.45) is -0.501. The molecule has 1 spiro atoms. The molecule has 3 aliphatic rings. The minimum Gasteiger partial charge on any atom is -0.490 e. The van der Waals surface area contributed by atoms with E-state index in [1.54, 1.807) is 29.2 Å². The summed E-state index contributed by atoms with van der Waals surface area (Å²) in [6, 6.07) is 9.30. The number of piperidine rings is 1. The van der Waals surface area contributed by atoms with Gasteiger partial charge in [0, 0.05) is 18.2 Å². The van der Waals surface area contributed by atoms with Gasteiger partial charge in [-0.05, 0) is 74.8 Å². The highest BCUT2D eigenvalue weighted by atomic mass is 32.1. The number of aliphatic hydroxyl groups is 1. The average molecular weight is 532 g/mol. The predicted octanol–water partition coefficient (Wildman–Crippen LogP) is 3.52. The lowest BCUT2D eigenvalue weighted by molar-refractivity contribution is -0.138. The lowest BCUT2D eigenvalue weighted by Crippen LogP contribution is -2.55. The Morgan fingerprint density at radius 1 is 1.27 bits per heavy atom. The van der Waals surface area contributed by atoms with E-state index in [4.69, 9.17) is 22.2 Å².